The van der Waals surface area contributed by atoms with Gasteiger partial charge in [0.05, 0.1) is 12.1 Å². The number of amides is 1. The number of carboxylic acid groups (broad SMARTS) is 1. The number of ether oxygens (including phenoxy) is 1. The zero-order valence-electron chi connectivity index (χ0n) is 14.5. The molecule has 2 aromatic carbocycles. The number of nitrogens with one attached hydrogen (secondary N) is 1. The number of fused-ring (bicyclic) bond motifs is 3. The van der Waals surface area contributed by atoms with Crippen molar-refractivity contribution in [1.29, 1.82) is 0 Å². The Morgan fingerprint density at radius 2 is 1.63 bits per heavy atom. The highest BCUT2D eigenvalue weighted by molar-refractivity contribution is 5.87. The van der Waals surface area contributed by atoms with Crippen LogP contribution < -0.4 is 5.32 Å². The van der Waals surface area contributed by atoms with Gasteiger partial charge in [-0.25, -0.2) is 9.59 Å². The molecule has 0 heterocycles. The molecular weight excluding hydrogens is 346 g/mol. The first-order valence-corrected chi connectivity index (χ1v) is 8.78. The number of benzene rings is 2. The van der Waals surface area contributed by atoms with E-state index in [0.717, 1.165) is 22.3 Å². The van der Waals surface area contributed by atoms with Crippen LogP contribution in [0.3, 0.4) is 0 Å². The summed E-state index contributed by atoms with van der Waals surface area (Å²) in [7, 11) is 0. The van der Waals surface area contributed by atoms with E-state index in [1.165, 1.54) is 6.08 Å². The molecule has 2 atom stereocenters. The molecule has 3 N–H and O–H groups in total. The van der Waals surface area contributed by atoms with Crippen LogP contribution in [0.4, 0.5) is 4.79 Å². The minimum absolute atomic E-state index is 0.0515. The number of aliphatic hydroxyl groups excluding tert-OH is 1. The standard InChI is InChI=1S/C21H19NO5/c23-19-10-12(20(24)25)9-18(19)22-21(26)27-11-17-15-7-3-1-5-13(15)14-6-2-4-8-16(14)17/h1-8,10,17-19,23H,9,11H2,(H,22,26)(H,24,25)/t18-,19+/m1/s1. The minimum atomic E-state index is -1.09. The van der Waals surface area contributed by atoms with Gasteiger partial charge in [-0.2, -0.15) is 0 Å². The first kappa shape index (κ1) is 17.3. The van der Waals surface area contributed by atoms with Crippen LogP contribution in [0.2, 0.25) is 0 Å². The van der Waals surface area contributed by atoms with Crippen molar-refractivity contribution >= 4 is 12.1 Å². The zero-order valence-corrected chi connectivity index (χ0v) is 14.5. The Bertz CT molecular complexity index is 890. The van der Waals surface area contributed by atoms with Crippen LogP contribution in [0.5, 0.6) is 0 Å². The molecule has 6 nitrogen and oxygen atoms in total. The summed E-state index contributed by atoms with van der Waals surface area (Å²) in [6, 6.07) is 15.4. The van der Waals surface area contributed by atoms with Gasteiger partial charge >= 0.3 is 12.1 Å². The molecule has 6 heteroatoms. The molecule has 138 valence electrons. The van der Waals surface area contributed by atoms with E-state index >= 15 is 0 Å². The number of aliphatic carboxylic acids is 1. The smallest absolute Gasteiger partial charge is 0.407 e. The van der Waals surface area contributed by atoms with E-state index in [0.29, 0.717) is 0 Å². The number of aliphatic hydroxyl groups is 1. The minimum Gasteiger partial charge on any atom is -0.478 e. The number of hydrogen-bond acceptors (Lipinski definition) is 4. The fourth-order valence-electron chi connectivity index (χ4n) is 3.83. The molecule has 0 radical (unpaired) electrons. The normalized spacial score (nSPS) is 20.6. The highest BCUT2D eigenvalue weighted by Gasteiger charge is 2.32. The largest absolute Gasteiger partial charge is 0.478 e. The Morgan fingerprint density at radius 3 is 2.19 bits per heavy atom. The van der Waals surface area contributed by atoms with E-state index in [9.17, 15) is 14.7 Å². The second-order valence-electron chi connectivity index (χ2n) is 6.77. The van der Waals surface area contributed by atoms with E-state index < -0.39 is 24.2 Å². The number of alkyl carbamates (subject to hydrolysis) is 1. The van der Waals surface area contributed by atoms with Gasteiger partial charge in [-0.05, 0) is 28.3 Å². The number of carbonyl (C=O) groups excluding carboxylic acids is 1. The van der Waals surface area contributed by atoms with Crippen molar-refractivity contribution in [3.63, 3.8) is 0 Å². The average Bonchev–Trinajstić information content (AvgIpc) is 3.19. The molecule has 0 aliphatic heterocycles. The van der Waals surface area contributed by atoms with Crippen molar-refractivity contribution in [3.05, 3.63) is 71.3 Å². The van der Waals surface area contributed by atoms with Crippen LogP contribution in [-0.2, 0) is 9.53 Å². The summed E-state index contributed by atoms with van der Waals surface area (Å²) in [5, 5.41) is 21.4. The molecule has 2 aromatic rings. The van der Waals surface area contributed by atoms with Crippen molar-refractivity contribution in [2.24, 2.45) is 0 Å². The topological polar surface area (TPSA) is 95.9 Å². The third-order valence-corrected chi connectivity index (χ3v) is 5.15. The van der Waals surface area contributed by atoms with Gasteiger partial charge in [-0.15, -0.1) is 0 Å². The lowest BCUT2D eigenvalue weighted by molar-refractivity contribution is -0.132. The van der Waals surface area contributed by atoms with Crippen molar-refractivity contribution in [2.45, 2.75) is 24.5 Å². The monoisotopic (exact) mass is 365 g/mol. The van der Waals surface area contributed by atoms with Gasteiger partial charge in [0.15, 0.2) is 0 Å². The molecule has 4 rings (SSSR count). The molecular formula is C21H19NO5. The summed E-state index contributed by atoms with van der Waals surface area (Å²) >= 11 is 0. The Kier molecular flexibility index (Phi) is 4.41. The number of carboxylic acids is 1. The van der Waals surface area contributed by atoms with E-state index in [2.05, 4.69) is 17.4 Å². The van der Waals surface area contributed by atoms with Crippen molar-refractivity contribution in [2.75, 3.05) is 6.61 Å². The molecule has 0 bridgehead atoms. The molecule has 2 aliphatic carbocycles. The fraction of sp³-hybridized carbons (Fsp3) is 0.238. The van der Waals surface area contributed by atoms with Gasteiger partial charge in [0.1, 0.15) is 6.61 Å². The Morgan fingerprint density at radius 1 is 1.04 bits per heavy atom. The Labute approximate surface area is 156 Å². The van der Waals surface area contributed by atoms with Gasteiger partial charge in [-0.1, -0.05) is 48.5 Å². The number of carbonyl (C=O) groups is 2. The predicted octanol–water partition coefficient (Wildman–Crippen LogP) is 2.67. The van der Waals surface area contributed by atoms with Crippen LogP contribution in [0, 0.1) is 0 Å². The summed E-state index contributed by atoms with van der Waals surface area (Å²) in [6.07, 6.45) is -0.380. The molecule has 0 fully saturated rings. The lowest BCUT2D eigenvalue weighted by Gasteiger charge is -2.18. The van der Waals surface area contributed by atoms with Crippen molar-refractivity contribution in [3.8, 4) is 11.1 Å². The van der Waals surface area contributed by atoms with Gasteiger partial charge in [-0.3, -0.25) is 0 Å². The quantitative estimate of drug-likeness (QED) is 0.774. The van der Waals surface area contributed by atoms with Gasteiger partial charge in [0.2, 0.25) is 0 Å². The Balaban J connectivity index is 1.42. The van der Waals surface area contributed by atoms with E-state index in [4.69, 9.17) is 9.84 Å². The van der Waals surface area contributed by atoms with Crippen molar-refractivity contribution < 1.29 is 24.5 Å². The van der Waals surface area contributed by atoms with Gasteiger partial charge in [0.25, 0.3) is 0 Å². The summed E-state index contributed by atoms with van der Waals surface area (Å²) in [5.74, 6) is -1.14. The van der Waals surface area contributed by atoms with Gasteiger partial charge < -0.3 is 20.3 Å². The van der Waals surface area contributed by atoms with Crippen LogP contribution >= 0.6 is 0 Å². The maximum Gasteiger partial charge on any atom is 0.407 e. The van der Waals surface area contributed by atoms with E-state index in [1.54, 1.807) is 0 Å². The summed E-state index contributed by atoms with van der Waals surface area (Å²) in [4.78, 5) is 23.2. The fourth-order valence-corrected chi connectivity index (χ4v) is 3.83. The molecule has 0 aromatic heterocycles. The molecule has 2 aliphatic rings. The zero-order chi connectivity index (χ0) is 19.0. The maximum absolute atomic E-state index is 12.2. The molecule has 27 heavy (non-hydrogen) atoms. The van der Waals surface area contributed by atoms with Crippen LogP contribution in [-0.4, -0.2) is 41.0 Å². The predicted molar refractivity (Wildman–Crippen MR) is 98.3 cm³/mol. The van der Waals surface area contributed by atoms with E-state index in [1.807, 2.05) is 36.4 Å². The van der Waals surface area contributed by atoms with E-state index in [-0.39, 0.29) is 24.5 Å². The second-order valence-corrected chi connectivity index (χ2v) is 6.77. The van der Waals surface area contributed by atoms with Crippen LogP contribution in [0.15, 0.2) is 60.2 Å². The highest BCUT2D eigenvalue weighted by Crippen LogP contribution is 2.44. The molecule has 1 amide bonds. The highest BCUT2D eigenvalue weighted by atomic mass is 16.5. The third-order valence-electron chi connectivity index (χ3n) is 5.15. The molecule has 0 spiro atoms. The lowest BCUT2D eigenvalue weighted by Crippen LogP contribution is -2.41. The Hall–Kier alpha value is -3.12. The second kappa shape index (κ2) is 6.89. The summed E-state index contributed by atoms with van der Waals surface area (Å²) in [6.45, 7) is 0.169. The molecule has 0 unspecified atom stereocenters. The maximum atomic E-state index is 12.2. The first-order valence-electron chi connectivity index (χ1n) is 8.78. The molecule has 0 saturated carbocycles. The van der Waals surface area contributed by atoms with Crippen molar-refractivity contribution in [1.82, 2.24) is 5.32 Å². The summed E-state index contributed by atoms with van der Waals surface area (Å²) in [5.41, 5.74) is 4.60. The average molecular weight is 365 g/mol. The number of rotatable bonds is 4. The third kappa shape index (κ3) is 3.19. The lowest BCUT2D eigenvalue weighted by atomic mass is 9.98. The van der Waals surface area contributed by atoms with Gasteiger partial charge in [0, 0.05) is 17.9 Å². The summed E-state index contributed by atoms with van der Waals surface area (Å²) < 4.78 is 5.41. The SMILES string of the molecule is O=C(N[C@@H]1CC(C(=O)O)=C[C@@H]1O)OCC1c2ccccc2-c2ccccc21. The van der Waals surface area contributed by atoms with Crippen LogP contribution in [0.25, 0.3) is 11.1 Å². The molecule has 0 saturated heterocycles. The van der Waals surface area contributed by atoms with Crippen LogP contribution in [0.1, 0.15) is 23.5 Å². The first-order chi connectivity index (χ1) is 13.0. The number of hydrogen-bond donors (Lipinski definition) is 3.